The first-order valence-electron chi connectivity index (χ1n) is 8.74. The number of furan rings is 1. The van der Waals surface area contributed by atoms with Gasteiger partial charge in [-0.05, 0) is 47.3 Å². The Labute approximate surface area is 168 Å². The molecule has 6 rings (SSSR count). The van der Waals surface area contributed by atoms with Crippen LogP contribution >= 0.6 is 23.6 Å². The highest BCUT2D eigenvalue weighted by Crippen LogP contribution is 2.33. The first-order chi connectivity index (χ1) is 13.8. The third-order valence-corrected chi connectivity index (χ3v) is 6.02. The minimum absolute atomic E-state index is 0.631. The van der Waals surface area contributed by atoms with Gasteiger partial charge in [0, 0.05) is 5.39 Å². The van der Waals surface area contributed by atoms with Gasteiger partial charge in [-0.1, -0.05) is 59.9 Å². The van der Waals surface area contributed by atoms with E-state index in [1.807, 2.05) is 63.8 Å². The number of para-hydroxylation sites is 1. The van der Waals surface area contributed by atoms with Crippen molar-refractivity contribution < 1.29 is 4.42 Å². The highest BCUT2D eigenvalue weighted by molar-refractivity contribution is 7.73. The van der Waals surface area contributed by atoms with Crippen LogP contribution < -0.4 is 0 Å². The predicted molar refractivity (Wildman–Crippen MR) is 114 cm³/mol. The van der Waals surface area contributed by atoms with Crippen LogP contribution in [-0.2, 0) is 0 Å². The molecule has 3 heterocycles. The fourth-order valence-electron chi connectivity index (χ4n) is 3.56. The van der Waals surface area contributed by atoms with Crippen molar-refractivity contribution in [1.29, 1.82) is 0 Å². The third-order valence-electron chi connectivity index (χ3n) is 4.81. The Kier molecular flexibility index (Phi) is 3.29. The normalized spacial score (nSPS) is 11.7. The molecule has 7 heteroatoms. The van der Waals surface area contributed by atoms with Crippen LogP contribution in [0.15, 0.2) is 77.2 Å². The second-order valence-corrected chi connectivity index (χ2v) is 8.04. The van der Waals surface area contributed by atoms with E-state index in [2.05, 4.69) is 28.4 Å². The zero-order chi connectivity index (χ0) is 18.7. The van der Waals surface area contributed by atoms with E-state index in [4.69, 9.17) is 16.6 Å². The SMILES string of the molecule is S=c1sc2nnc(-c3cc4c(ccc5ccccc54)o3)n2n1-c1ccccc1. The van der Waals surface area contributed by atoms with Gasteiger partial charge in [-0.3, -0.25) is 0 Å². The first kappa shape index (κ1) is 15.7. The predicted octanol–water partition coefficient (Wildman–Crippen LogP) is 5.88. The van der Waals surface area contributed by atoms with Crippen LogP contribution in [0.4, 0.5) is 0 Å². The standard InChI is InChI=1S/C21H12N4OS2/c27-21-24(14-7-2-1-3-8-14)25-19(22-23-20(25)28-21)18-12-16-15-9-5-4-6-13(15)10-11-17(16)26-18/h1-12H. The van der Waals surface area contributed by atoms with E-state index in [1.54, 1.807) is 0 Å². The Hall–Kier alpha value is -3.29. The average Bonchev–Trinajstić information content (AvgIpc) is 3.41. The molecule has 0 aliphatic carbocycles. The lowest BCUT2D eigenvalue weighted by atomic mass is 10.1. The van der Waals surface area contributed by atoms with Crippen molar-refractivity contribution in [2.24, 2.45) is 0 Å². The van der Waals surface area contributed by atoms with Gasteiger partial charge in [0.2, 0.25) is 10.8 Å². The fraction of sp³-hybridized carbons (Fsp3) is 0. The lowest BCUT2D eigenvalue weighted by molar-refractivity contribution is 0.618. The number of rotatable bonds is 2. The maximum Gasteiger partial charge on any atom is 0.234 e. The molecule has 0 unspecified atom stereocenters. The molecule has 0 aliphatic rings. The summed E-state index contributed by atoms with van der Waals surface area (Å²) in [6.07, 6.45) is 0. The fourth-order valence-corrected chi connectivity index (χ4v) is 4.74. The van der Waals surface area contributed by atoms with Gasteiger partial charge in [0.1, 0.15) is 5.58 Å². The number of nitrogens with zero attached hydrogens (tertiary/aromatic N) is 4. The molecule has 0 spiro atoms. The van der Waals surface area contributed by atoms with Gasteiger partial charge in [0.05, 0.1) is 5.69 Å². The minimum Gasteiger partial charge on any atom is -0.453 e. The molecule has 0 atom stereocenters. The molecule has 3 aromatic carbocycles. The van der Waals surface area contributed by atoms with Crippen molar-refractivity contribution in [1.82, 2.24) is 19.4 Å². The maximum absolute atomic E-state index is 6.16. The van der Waals surface area contributed by atoms with Gasteiger partial charge in [-0.25, -0.2) is 4.68 Å². The van der Waals surface area contributed by atoms with Gasteiger partial charge in [0.15, 0.2) is 9.71 Å². The summed E-state index contributed by atoms with van der Waals surface area (Å²) >= 11 is 7.01. The van der Waals surface area contributed by atoms with E-state index < -0.39 is 0 Å². The highest BCUT2D eigenvalue weighted by atomic mass is 32.1. The van der Waals surface area contributed by atoms with Crippen LogP contribution in [0, 0.1) is 3.95 Å². The van der Waals surface area contributed by atoms with Crippen molar-refractivity contribution in [2.75, 3.05) is 0 Å². The Morgan fingerprint density at radius 2 is 1.68 bits per heavy atom. The van der Waals surface area contributed by atoms with Gasteiger partial charge in [-0.2, -0.15) is 4.52 Å². The summed E-state index contributed by atoms with van der Waals surface area (Å²) in [5.41, 5.74) is 1.78. The summed E-state index contributed by atoms with van der Waals surface area (Å²) in [6.45, 7) is 0. The first-order valence-corrected chi connectivity index (χ1v) is 9.96. The van der Waals surface area contributed by atoms with Gasteiger partial charge >= 0.3 is 0 Å². The summed E-state index contributed by atoms with van der Waals surface area (Å²) in [6, 6.07) is 24.3. The van der Waals surface area contributed by atoms with Crippen LogP contribution in [0.1, 0.15) is 0 Å². The quantitative estimate of drug-likeness (QED) is 0.341. The number of fused-ring (bicyclic) bond motifs is 4. The molecule has 6 aromatic rings. The van der Waals surface area contributed by atoms with E-state index in [9.17, 15) is 0 Å². The van der Waals surface area contributed by atoms with E-state index in [0.29, 0.717) is 15.5 Å². The highest BCUT2D eigenvalue weighted by Gasteiger charge is 2.19. The summed E-state index contributed by atoms with van der Waals surface area (Å²) in [5, 5.41) is 12.1. The molecule has 0 radical (unpaired) electrons. The van der Waals surface area contributed by atoms with Gasteiger partial charge < -0.3 is 4.42 Å². The number of hydrogen-bond donors (Lipinski definition) is 0. The van der Waals surface area contributed by atoms with Crippen molar-refractivity contribution in [3.05, 3.63) is 76.8 Å². The molecular weight excluding hydrogens is 388 g/mol. The molecule has 0 N–H and O–H groups in total. The molecular formula is C21H12N4OS2. The number of hydrogen-bond acceptors (Lipinski definition) is 5. The molecule has 0 bridgehead atoms. The Morgan fingerprint density at radius 3 is 2.57 bits per heavy atom. The van der Waals surface area contributed by atoms with Crippen molar-refractivity contribution in [3.63, 3.8) is 0 Å². The van der Waals surface area contributed by atoms with Crippen LogP contribution in [0.2, 0.25) is 0 Å². The van der Waals surface area contributed by atoms with E-state index in [-0.39, 0.29) is 0 Å². The largest absolute Gasteiger partial charge is 0.453 e. The third kappa shape index (κ3) is 2.20. The Morgan fingerprint density at radius 1 is 0.857 bits per heavy atom. The second-order valence-electron chi connectivity index (χ2n) is 6.44. The summed E-state index contributed by atoms with van der Waals surface area (Å²) in [4.78, 5) is 0.731. The molecule has 3 aromatic heterocycles. The van der Waals surface area contributed by atoms with E-state index >= 15 is 0 Å². The van der Waals surface area contributed by atoms with Crippen molar-refractivity contribution >= 4 is 50.3 Å². The molecule has 0 aliphatic heterocycles. The monoisotopic (exact) mass is 400 g/mol. The number of aromatic nitrogens is 4. The molecule has 5 nitrogen and oxygen atoms in total. The lowest BCUT2D eigenvalue weighted by Crippen LogP contribution is -2.04. The van der Waals surface area contributed by atoms with E-state index in [1.165, 1.54) is 16.7 Å². The van der Waals surface area contributed by atoms with Crippen LogP contribution in [0.3, 0.4) is 0 Å². The van der Waals surface area contributed by atoms with Crippen molar-refractivity contribution in [3.8, 4) is 17.3 Å². The Balaban J connectivity index is 1.65. The zero-order valence-electron chi connectivity index (χ0n) is 14.4. The summed E-state index contributed by atoms with van der Waals surface area (Å²) in [5.74, 6) is 1.29. The van der Waals surface area contributed by atoms with Gasteiger partial charge in [-0.15, -0.1) is 10.2 Å². The van der Waals surface area contributed by atoms with Crippen LogP contribution in [0.5, 0.6) is 0 Å². The second kappa shape index (κ2) is 5.85. The van der Waals surface area contributed by atoms with Gasteiger partial charge in [0.25, 0.3) is 0 Å². The number of benzene rings is 3. The average molecular weight is 400 g/mol. The maximum atomic E-state index is 6.16. The van der Waals surface area contributed by atoms with Crippen LogP contribution in [-0.4, -0.2) is 19.4 Å². The topological polar surface area (TPSA) is 48.3 Å². The Bertz CT molecular complexity index is 1540. The summed E-state index contributed by atoms with van der Waals surface area (Å²) in [7, 11) is 0. The minimum atomic E-state index is 0.631. The molecule has 134 valence electrons. The van der Waals surface area contributed by atoms with E-state index in [0.717, 1.165) is 27.0 Å². The molecule has 28 heavy (non-hydrogen) atoms. The lowest BCUT2D eigenvalue weighted by Gasteiger charge is -2.05. The smallest absolute Gasteiger partial charge is 0.234 e. The summed E-state index contributed by atoms with van der Waals surface area (Å²) < 4.78 is 10.7. The zero-order valence-corrected chi connectivity index (χ0v) is 16.1. The molecule has 0 saturated heterocycles. The van der Waals surface area contributed by atoms with Crippen LogP contribution in [0.25, 0.3) is 44.0 Å². The molecule has 0 saturated carbocycles. The molecule has 0 fully saturated rings. The molecule has 0 amide bonds. The van der Waals surface area contributed by atoms with Crippen molar-refractivity contribution in [2.45, 2.75) is 0 Å².